The maximum atomic E-state index is 13.1. The summed E-state index contributed by atoms with van der Waals surface area (Å²) in [5, 5.41) is 13.0. The van der Waals surface area contributed by atoms with Crippen LogP contribution in [0.2, 0.25) is 0 Å². The number of hydrogen-bond donors (Lipinski definition) is 2. The number of benzene rings is 2. The molecule has 2 aromatic rings. The van der Waals surface area contributed by atoms with Gasteiger partial charge in [0.05, 0.1) is 24.3 Å². The molecular weight excluding hydrogens is 426 g/mol. The smallest absolute Gasteiger partial charge is 0.227 e. The second kappa shape index (κ2) is 10.6. The van der Waals surface area contributed by atoms with Gasteiger partial charge in [0, 0.05) is 33.2 Å². The second-order valence-corrected chi connectivity index (χ2v) is 10.7. The number of nitrogens with zero attached hydrogens (tertiary/aromatic N) is 2. The van der Waals surface area contributed by atoms with E-state index >= 15 is 0 Å². The molecule has 1 aliphatic heterocycles. The summed E-state index contributed by atoms with van der Waals surface area (Å²) in [6, 6.07) is 17.2. The molecule has 1 aliphatic rings. The van der Waals surface area contributed by atoms with E-state index in [2.05, 4.69) is 10.2 Å². The van der Waals surface area contributed by atoms with Gasteiger partial charge in [-0.3, -0.25) is 9.69 Å². The van der Waals surface area contributed by atoms with E-state index in [1.807, 2.05) is 61.5 Å². The monoisotopic (exact) mass is 459 g/mol. The van der Waals surface area contributed by atoms with Gasteiger partial charge in [0.25, 0.3) is 0 Å². The fraction of sp³-hybridized carbons (Fsp3) is 0.458. The van der Waals surface area contributed by atoms with Crippen molar-refractivity contribution in [2.24, 2.45) is 0 Å². The molecule has 3 atom stereocenters. The van der Waals surface area contributed by atoms with E-state index in [0.29, 0.717) is 13.1 Å². The van der Waals surface area contributed by atoms with E-state index < -0.39 is 10.0 Å². The topological polar surface area (TPSA) is 90.0 Å². The van der Waals surface area contributed by atoms with Crippen molar-refractivity contribution in [1.29, 1.82) is 0 Å². The molecule has 3 rings (SSSR count). The number of likely N-dealkylation sites (tertiary alicyclic amines) is 1. The van der Waals surface area contributed by atoms with Crippen LogP contribution in [-0.2, 0) is 21.4 Å². The van der Waals surface area contributed by atoms with Crippen LogP contribution in [0.4, 0.5) is 0 Å². The summed E-state index contributed by atoms with van der Waals surface area (Å²) in [5.74, 6) is -0.424. The fourth-order valence-corrected chi connectivity index (χ4v) is 4.27. The predicted octanol–water partition coefficient (Wildman–Crippen LogP) is 2.11. The minimum absolute atomic E-state index is 0.0698. The molecule has 1 fully saturated rings. The maximum Gasteiger partial charge on any atom is 0.227 e. The summed E-state index contributed by atoms with van der Waals surface area (Å²) in [6.45, 7) is 4.25. The molecular formula is C24H33N3O4S. The summed E-state index contributed by atoms with van der Waals surface area (Å²) in [6.07, 6.45) is 1.63. The van der Waals surface area contributed by atoms with Crippen molar-refractivity contribution in [3.8, 4) is 0 Å². The van der Waals surface area contributed by atoms with Crippen molar-refractivity contribution in [3.05, 3.63) is 71.3 Å². The molecule has 0 aliphatic carbocycles. The Hall–Kier alpha value is -2.26. The second-order valence-electron chi connectivity index (χ2n) is 8.66. The standard InChI is InChI=1S/C24H33N3O4S/c1-18(20-11-9-19(10-12-20)15-26(2)32(3,30)31)24(29)25-23(21-7-5-4-6-8-21)17-27-14-13-22(28)16-27/h4-12,18,22-23,28H,13-17H2,1-3H3,(H,25,29). The van der Waals surface area contributed by atoms with Gasteiger partial charge in [-0.1, -0.05) is 54.6 Å². The lowest BCUT2D eigenvalue weighted by atomic mass is 9.97. The number of nitrogens with one attached hydrogen (secondary N) is 1. The van der Waals surface area contributed by atoms with Crippen molar-refractivity contribution in [2.75, 3.05) is 32.9 Å². The Bertz CT molecular complexity index is 996. The van der Waals surface area contributed by atoms with E-state index in [4.69, 9.17) is 0 Å². The molecule has 32 heavy (non-hydrogen) atoms. The molecule has 2 N–H and O–H groups in total. The van der Waals surface area contributed by atoms with Gasteiger partial charge in [-0.05, 0) is 30.0 Å². The molecule has 0 bridgehead atoms. The maximum absolute atomic E-state index is 13.1. The zero-order chi connectivity index (χ0) is 23.3. The fourth-order valence-electron chi connectivity index (χ4n) is 3.89. The lowest BCUT2D eigenvalue weighted by Gasteiger charge is -2.26. The number of β-amino-alcohol motifs (C(OH)–C–C–N with tert-alkyl or cyclic N) is 1. The Balaban J connectivity index is 1.67. The van der Waals surface area contributed by atoms with Crippen LogP contribution in [-0.4, -0.2) is 67.7 Å². The number of rotatable bonds is 9. The van der Waals surface area contributed by atoms with Crippen molar-refractivity contribution in [1.82, 2.24) is 14.5 Å². The number of hydrogen-bond acceptors (Lipinski definition) is 5. The van der Waals surface area contributed by atoms with Gasteiger partial charge in [-0.25, -0.2) is 12.7 Å². The summed E-state index contributed by atoms with van der Waals surface area (Å²) >= 11 is 0. The summed E-state index contributed by atoms with van der Waals surface area (Å²) in [5.41, 5.74) is 2.77. The van der Waals surface area contributed by atoms with Crippen LogP contribution in [0.5, 0.6) is 0 Å². The van der Waals surface area contributed by atoms with E-state index in [9.17, 15) is 18.3 Å². The van der Waals surface area contributed by atoms with Gasteiger partial charge >= 0.3 is 0 Å². The lowest BCUT2D eigenvalue weighted by molar-refractivity contribution is -0.123. The quantitative estimate of drug-likeness (QED) is 0.600. The normalized spacial score (nSPS) is 19.1. The van der Waals surface area contributed by atoms with E-state index in [1.54, 1.807) is 7.05 Å². The minimum Gasteiger partial charge on any atom is -0.392 e. The molecule has 1 heterocycles. The van der Waals surface area contributed by atoms with E-state index in [-0.39, 0.29) is 30.5 Å². The predicted molar refractivity (Wildman–Crippen MR) is 126 cm³/mol. The van der Waals surface area contributed by atoms with Crippen LogP contribution in [0.15, 0.2) is 54.6 Å². The molecule has 0 aromatic heterocycles. The van der Waals surface area contributed by atoms with Gasteiger partial charge in [0.15, 0.2) is 0 Å². The molecule has 7 nitrogen and oxygen atoms in total. The highest BCUT2D eigenvalue weighted by Gasteiger charge is 2.26. The Labute approximate surface area is 191 Å². The van der Waals surface area contributed by atoms with E-state index in [1.165, 1.54) is 10.6 Å². The summed E-state index contributed by atoms with van der Waals surface area (Å²) in [4.78, 5) is 15.3. The van der Waals surface area contributed by atoms with Crippen LogP contribution < -0.4 is 5.32 Å². The Morgan fingerprint density at radius 3 is 2.38 bits per heavy atom. The highest BCUT2D eigenvalue weighted by Crippen LogP contribution is 2.22. The van der Waals surface area contributed by atoms with Crippen molar-refractivity contribution >= 4 is 15.9 Å². The van der Waals surface area contributed by atoms with Crippen LogP contribution in [0.25, 0.3) is 0 Å². The van der Waals surface area contributed by atoms with Gasteiger partial charge in [0.1, 0.15) is 0 Å². The Kier molecular flexibility index (Phi) is 8.05. The van der Waals surface area contributed by atoms with Gasteiger partial charge in [0.2, 0.25) is 15.9 Å². The van der Waals surface area contributed by atoms with E-state index in [0.717, 1.165) is 29.7 Å². The van der Waals surface area contributed by atoms with Crippen molar-refractivity contribution < 1.29 is 18.3 Å². The molecule has 0 spiro atoms. The number of aliphatic hydroxyl groups is 1. The van der Waals surface area contributed by atoms with Crippen LogP contribution in [0.3, 0.4) is 0 Å². The molecule has 174 valence electrons. The summed E-state index contributed by atoms with van der Waals surface area (Å²) in [7, 11) is -1.70. The van der Waals surface area contributed by atoms with Crippen LogP contribution in [0.1, 0.15) is 42.0 Å². The molecule has 3 unspecified atom stereocenters. The molecule has 2 aromatic carbocycles. The zero-order valence-electron chi connectivity index (χ0n) is 18.9. The van der Waals surface area contributed by atoms with Crippen LogP contribution >= 0.6 is 0 Å². The number of amides is 1. The highest BCUT2D eigenvalue weighted by molar-refractivity contribution is 7.88. The number of carbonyl (C=O) groups excluding carboxylic acids is 1. The van der Waals surface area contributed by atoms with Crippen LogP contribution in [0, 0.1) is 0 Å². The number of aliphatic hydroxyl groups excluding tert-OH is 1. The Morgan fingerprint density at radius 1 is 1.16 bits per heavy atom. The molecule has 0 saturated carbocycles. The highest BCUT2D eigenvalue weighted by atomic mass is 32.2. The average Bonchev–Trinajstić information content (AvgIpc) is 3.17. The van der Waals surface area contributed by atoms with Crippen molar-refractivity contribution in [3.63, 3.8) is 0 Å². The molecule has 8 heteroatoms. The third-order valence-corrected chi connectivity index (χ3v) is 7.31. The lowest BCUT2D eigenvalue weighted by Crippen LogP contribution is -2.39. The SMILES string of the molecule is CC(C(=O)NC(CN1CCC(O)C1)c1ccccc1)c1ccc(CN(C)S(C)(=O)=O)cc1. The first-order valence-corrected chi connectivity index (χ1v) is 12.7. The zero-order valence-corrected chi connectivity index (χ0v) is 19.8. The molecule has 1 amide bonds. The first-order valence-electron chi connectivity index (χ1n) is 10.9. The van der Waals surface area contributed by atoms with Crippen molar-refractivity contribution in [2.45, 2.75) is 38.0 Å². The third kappa shape index (κ3) is 6.62. The number of carbonyl (C=O) groups is 1. The molecule has 0 radical (unpaired) electrons. The molecule has 1 saturated heterocycles. The van der Waals surface area contributed by atoms with Gasteiger partial charge < -0.3 is 10.4 Å². The summed E-state index contributed by atoms with van der Waals surface area (Å²) < 4.78 is 24.5. The average molecular weight is 460 g/mol. The largest absolute Gasteiger partial charge is 0.392 e. The Morgan fingerprint density at radius 2 is 1.81 bits per heavy atom. The van der Waals surface area contributed by atoms with Gasteiger partial charge in [-0.15, -0.1) is 0 Å². The first kappa shape index (κ1) is 24.4. The first-order chi connectivity index (χ1) is 15.1. The number of sulfonamides is 1. The third-order valence-electron chi connectivity index (χ3n) is 6.05. The van der Waals surface area contributed by atoms with Gasteiger partial charge in [-0.2, -0.15) is 0 Å². The minimum atomic E-state index is -3.24.